The number of nitrogens with one attached hydrogen (secondary N) is 2. The van der Waals surface area contributed by atoms with Gasteiger partial charge in [0.2, 0.25) is 0 Å². The summed E-state index contributed by atoms with van der Waals surface area (Å²) in [4.78, 5) is 12.6. The van der Waals surface area contributed by atoms with Gasteiger partial charge >= 0.3 is 0 Å². The average molecular weight is 291 g/mol. The van der Waals surface area contributed by atoms with Gasteiger partial charge in [-0.15, -0.1) is 23.7 Å². The highest BCUT2D eigenvalue weighted by Crippen LogP contribution is 2.24. The zero-order chi connectivity index (χ0) is 12.1. The predicted octanol–water partition coefficient (Wildman–Crippen LogP) is 1.91. The van der Waals surface area contributed by atoms with E-state index in [0.717, 1.165) is 19.6 Å². The second-order valence-corrected chi connectivity index (χ2v) is 5.16. The monoisotopic (exact) mass is 290 g/mol. The van der Waals surface area contributed by atoms with Crippen molar-refractivity contribution in [3.8, 4) is 5.75 Å². The lowest BCUT2D eigenvalue weighted by Gasteiger charge is -2.22. The van der Waals surface area contributed by atoms with E-state index in [0.29, 0.717) is 16.5 Å². The number of carbonyl (C=O) groups is 1. The lowest BCUT2D eigenvalue weighted by atomic mass is 10.00. The van der Waals surface area contributed by atoms with Crippen molar-refractivity contribution < 1.29 is 9.53 Å². The highest BCUT2D eigenvalue weighted by Gasteiger charge is 2.17. The topological polar surface area (TPSA) is 50.4 Å². The summed E-state index contributed by atoms with van der Waals surface area (Å²) in [5.74, 6) is 1.19. The molecule has 18 heavy (non-hydrogen) atoms. The maximum Gasteiger partial charge on any atom is 0.265 e. The quantitative estimate of drug-likeness (QED) is 0.891. The first-order valence-electron chi connectivity index (χ1n) is 5.91. The van der Waals surface area contributed by atoms with Crippen molar-refractivity contribution in [2.24, 2.45) is 5.92 Å². The number of ether oxygens (including phenoxy) is 1. The fraction of sp³-hybridized carbons (Fsp3) is 0.583. The molecule has 0 bridgehead atoms. The summed E-state index contributed by atoms with van der Waals surface area (Å²) in [5.41, 5.74) is 0. The Morgan fingerprint density at radius 3 is 3.17 bits per heavy atom. The van der Waals surface area contributed by atoms with E-state index in [-0.39, 0.29) is 18.3 Å². The molecule has 0 radical (unpaired) electrons. The Kier molecular flexibility index (Phi) is 6.46. The standard InChI is InChI=1S/C12H18N2O2S.ClH/c1-16-10-4-6-17-11(10)12(15)14-8-9-3-2-5-13-7-9;/h4,6,9,13H,2-3,5,7-8H2,1H3,(H,14,15);1H. The first-order chi connectivity index (χ1) is 8.31. The Balaban J connectivity index is 0.00000162. The van der Waals surface area contributed by atoms with Crippen LogP contribution in [0.4, 0.5) is 0 Å². The Morgan fingerprint density at radius 1 is 1.67 bits per heavy atom. The van der Waals surface area contributed by atoms with Gasteiger partial charge < -0.3 is 15.4 Å². The summed E-state index contributed by atoms with van der Waals surface area (Å²) in [6, 6.07) is 1.82. The van der Waals surface area contributed by atoms with Crippen LogP contribution in [0.15, 0.2) is 11.4 Å². The summed E-state index contributed by atoms with van der Waals surface area (Å²) >= 11 is 1.42. The number of piperidine rings is 1. The molecule has 2 heterocycles. The molecule has 4 nitrogen and oxygen atoms in total. The molecule has 1 atom stereocenters. The molecule has 1 aliphatic rings. The van der Waals surface area contributed by atoms with Crippen molar-refractivity contribution >= 4 is 29.7 Å². The van der Waals surface area contributed by atoms with E-state index in [1.165, 1.54) is 24.2 Å². The van der Waals surface area contributed by atoms with Crippen molar-refractivity contribution in [3.63, 3.8) is 0 Å². The van der Waals surface area contributed by atoms with Gasteiger partial charge in [-0.05, 0) is 43.3 Å². The molecule has 0 spiro atoms. The van der Waals surface area contributed by atoms with Crippen molar-refractivity contribution in [3.05, 3.63) is 16.3 Å². The number of methoxy groups -OCH3 is 1. The largest absolute Gasteiger partial charge is 0.495 e. The average Bonchev–Trinajstić information content (AvgIpc) is 2.85. The molecule has 1 aromatic rings. The molecule has 6 heteroatoms. The van der Waals surface area contributed by atoms with Crippen LogP contribution in [0.1, 0.15) is 22.5 Å². The van der Waals surface area contributed by atoms with Crippen molar-refractivity contribution in [1.29, 1.82) is 0 Å². The maximum atomic E-state index is 11.9. The highest BCUT2D eigenvalue weighted by atomic mass is 35.5. The molecular formula is C12H19ClN2O2S. The Labute approximate surface area is 118 Å². The van der Waals surface area contributed by atoms with Gasteiger partial charge in [-0.25, -0.2) is 0 Å². The minimum Gasteiger partial charge on any atom is -0.495 e. The van der Waals surface area contributed by atoms with Gasteiger partial charge in [0, 0.05) is 6.54 Å². The van der Waals surface area contributed by atoms with Crippen LogP contribution < -0.4 is 15.4 Å². The van der Waals surface area contributed by atoms with E-state index in [9.17, 15) is 4.79 Å². The molecule has 1 saturated heterocycles. The fourth-order valence-corrected chi connectivity index (χ4v) is 2.81. The zero-order valence-corrected chi connectivity index (χ0v) is 12.0. The highest BCUT2D eigenvalue weighted by molar-refractivity contribution is 7.12. The van der Waals surface area contributed by atoms with E-state index in [4.69, 9.17) is 4.74 Å². The predicted molar refractivity (Wildman–Crippen MR) is 76.0 cm³/mol. The van der Waals surface area contributed by atoms with Crippen LogP contribution in [0, 0.1) is 5.92 Å². The number of thiophene rings is 1. The van der Waals surface area contributed by atoms with Crippen molar-refractivity contribution in [2.45, 2.75) is 12.8 Å². The number of rotatable bonds is 4. The molecule has 0 aliphatic carbocycles. The number of amides is 1. The van der Waals surface area contributed by atoms with Crippen molar-refractivity contribution in [1.82, 2.24) is 10.6 Å². The van der Waals surface area contributed by atoms with E-state index >= 15 is 0 Å². The summed E-state index contributed by atoms with van der Waals surface area (Å²) < 4.78 is 5.14. The molecular weight excluding hydrogens is 272 g/mol. The van der Waals surface area contributed by atoms with Gasteiger partial charge in [-0.1, -0.05) is 0 Å². The van der Waals surface area contributed by atoms with E-state index < -0.39 is 0 Å². The Hall–Kier alpha value is -0.780. The lowest BCUT2D eigenvalue weighted by Crippen LogP contribution is -2.37. The third-order valence-electron chi connectivity index (χ3n) is 3.01. The molecule has 1 aliphatic heterocycles. The fourth-order valence-electron chi connectivity index (χ4n) is 2.04. The first-order valence-corrected chi connectivity index (χ1v) is 6.79. The first kappa shape index (κ1) is 15.3. The van der Waals surface area contributed by atoms with Crippen LogP contribution in [0.2, 0.25) is 0 Å². The van der Waals surface area contributed by atoms with Gasteiger partial charge in [0.1, 0.15) is 10.6 Å². The summed E-state index contributed by atoms with van der Waals surface area (Å²) in [5, 5.41) is 8.19. The molecule has 1 amide bonds. The molecule has 2 rings (SSSR count). The van der Waals surface area contributed by atoms with E-state index in [1.807, 2.05) is 11.4 Å². The number of carbonyl (C=O) groups excluding carboxylic acids is 1. The second kappa shape index (κ2) is 7.61. The molecule has 2 N–H and O–H groups in total. The Bertz CT molecular complexity index is 378. The number of halogens is 1. The van der Waals surface area contributed by atoms with Crippen LogP contribution in [-0.2, 0) is 0 Å². The third-order valence-corrected chi connectivity index (χ3v) is 3.90. The maximum absolute atomic E-state index is 11.9. The van der Waals surface area contributed by atoms with Crippen LogP contribution in [0.25, 0.3) is 0 Å². The number of hydrogen-bond donors (Lipinski definition) is 2. The van der Waals surface area contributed by atoms with E-state index in [1.54, 1.807) is 7.11 Å². The molecule has 1 fully saturated rings. The zero-order valence-electron chi connectivity index (χ0n) is 10.4. The summed E-state index contributed by atoms with van der Waals surface area (Å²) in [6.45, 7) is 2.85. The number of hydrogen-bond acceptors (Lipinski definition) is 4. The van der Waals surface area contributed by atoms with Crippen LogP contribution in [-0.4, -0.2) is 32.7 Å². The van der Waals surface area contributed by atoms with Crippen molar-refractivity contribution in [2.75, 3.05) is 26.7 Å². The molecule has 1 aromatic heterocycles. The normalized spacial score (nSPS) is 18.8. The van der Waals surface area contributed by atoms with Gasteiger partial charge in [0.15, 0.2) is 0 Å². The van der Waals surface area contributed by atoms with Gasteiger partial charge in [-0.3, -0.25) is 4.79 Å². The smallest absolute Gasteiger partial charge is 0.265 e. The third kappa shape index (κ3) is 3.86. The van der Waals surface area contributed by atoms with Crippen LogP contribution >= 0.6 is 23.7 Å². The van der Waals surface area contributed by atoms with Gasteiger partial charge in [0.25, 0.3) is 5.91 Å². The molecule has 0 aromatic carbocycles. The molecule has 0 saturated carbocycles. The molecule has 1 unspecified atom stereocenters. The minimum absolute atomic E-state index is 0. The van der Waals surface area contributed by atoms with Crippen LogP contribution in [0.5, 0.6) is 5.75 Å². The summed E-state index contributed by atoms with van der Waals surface area (Å²) in [7, 11) is 1.59. The van der Waals surface area contributed by atoms with E-state index in [2.05, 4.69) is 10.6 Å². The lowest BCUT2D eigenvalue weighted by molar-refractivity contribution is 0.0946. The molecule has 102 valence electrons. The van der Waals surface area contributed by atoms with Crippen LogP contribution in [0.3, 0.4) is 0 Å². The SMILES string of the molecule is COc1ccsc1C(=O)NCC1CCCNC1.Cl. The van der Waals surface area contributed by atoms with Gasteiger partial charge in [-0.2, -0.15) is 0 Å². The van der Waals surface area contributed by atoms with Gasteiger partial charge in [0.05, 0.1) is 7.11 Å². The second-order valence-electron chi connectivity index (χ2n) is 4.24. The Morgan fingerprint density at radius 2 is 2.50 bits per heavy atom. The summed E-state index contributed by atoms with van der Waals surface area (Å²) in [6.07, 6.45) is 2.39. The minimum atomic E-state index is -0.0255.